The lowest BCUT2D eigenvalue weighted by Gasteiger charge is -2.21. The Labute approximate surface area is 133 Å². The lowest BCUT2D eigenvalue weighted by Crippen LogP contribution is -2.38. The Morgan fingerprint density at radius 1 is 1.13 bits per heavy atom. The lowest BCUT2D eigenvalue weighted by molar-refractivity contribution is -0.133. The molecule has 1 aromatic carbocycles. The van der Waals surface area contributed by atoms with Gasteiger partial charge in [-0.3, -0.25) is 9.59 Å². The van der Waals surface area contributed by atoms with Crippen LogP contribution in [0, 0.1) is 5.82 Å². The fourth-order valence-electron chi connectivity index (χ4n) is 2.78. The Balaban J connectivity index is 1.92. The second kappa shape index (κ2) is 6.32. The highest BCUT2D eigenvalue weighted by atomic mass is 19.1. The number of hydrogen-bond acceptors (Lipinski definition) is 3. The van der Waals surface area contributed by atoms with Gasteiger partial charge in [0.25, 0.3) is 5.56 Å². The third-order valence-electron chi connectivity index (χ3n) is 4.11. The number of rotatable bonds is 3. The van der Waals surface area contributed by atoms with Crippen molar-refractivity contribution in [3.05, 3.63) is 52.6 Å². The van der Waals surface area contributed by atoms with Gasteiger partial charge in [-0.2, -0.15) is 5.10 Å². The van der Waals surface area contributed by atoms with Gasteiger partial charge in [0.05, 0.1) is 5.69 Å². The molecule has 1 aromatic heterocycles. The van der Waals surface area contributed by atoms with Crippen molar-refractivity contribution in [2.24, 2.45) is 0 Å². The molecule has 23 heavy (non-hydrogen) atoms. The van der Waals surface area contributed by atoms with Crippen LogP contribution in [0.15, 0.2) is 41.2 Å². The van der Waals surface area contributed by atoms with Gasteiger partial charge < -0.3 is 4.90 Å². The number of amides is 1. The fraction of sp³-hybridized carbons (Fsp3) is 0.353. The van der Waals surface area contributed by atoms with Gasteiger partial charge in [0.15, 0.2) is 0 Å². The number of carbonyl (C=O) groups excluding carboxylic acids is 1. The highest BCUT2D eigenvalue weighted by Crippen LogP contribution is 2.18. The van der Waals surface area contributed by atoms with Crippen molar-refractivity contribution in [3.63, 3.8) is 0 Å². The maximum Gasteiger partial charge on any atom is 0.267 e. The van der Waals surface area contributed by atoms with E-state index < -0.39 is 6.04 Å². The van der Waals surface area contributed by atoms with Crippen LogP contribution in [0.4, 0.5) is 4.39 Å². The average Bonchev–Trinajstić information content (AvgIpc) is 3.09. The third-order valence-corrected chi connectivity index (χ3v) is 4.11. The standard InChI is InChI=1S/C17H18FN3O2/c1-12(17(23)20-10-2-3-11-20)21-16(22)9-8-15(19-21)13-4-6-14(18)7-5-13/h4-9,12H,2-3,10-11H2,1H3. The molecule has 1 aliphatic heterocycles. The van der Waals surface area contributed by atoms with E-state index in [1.165, 1.54) is 22.9 Å². The van der Waals surface area contributed by atoms with Gasteiger partial charge in [-0.15, -0.1) is 0 Å². The van der Waals surface area contributed by atoms with Crippen LogP contribution >= 0.6 is 0 Å². The predicted octanol–water partition coefficient (Wildman–Crippen LogP) is 2.23. The van der Waals surface area contributed by atoms with Crippen molar-refractivity contribution < 1.29 is 9.18 Å². The number of likely N-dealkylation sites (tertiary alicyclic amines) is 1. The normalized spacial score (nSPS) is 15.7. The average molecular weight is 315 g/mol. The Hall–Kier alpha value is -2.50. The van der Waals surface area contributed by atoms with E-state index in [2.05, 4.69) is 5.10 Å². The smallest absolute Gasteiger partial charge is 0.267 e. The van der Waals surface area contributed by atoms with E-state index in [9.17, 15) is 14.0 Å². The molecule has 2 heterocycles. The van der Waals surface area contributed by atoms with Crippen molar-refractivity contribution in [2.45, 2.75) is 25.8 Å². The van der Waals surface area contributed by atoms with E-state index in [-0.39, 0.29) is 17.3 Å². The van der Waals surface area contributed by atoms with E-state index >= 15 is 0 Å². The molecular weight excluding hydrogens is 297 g/mol. The topological polar surface area (TPSA) is 55.2 Å². The molecule has 120 valence electrons. The summed E-state index contributed by atoms with van der Waals surface area (Å²) in [6.45, 7) is 3.15. The van der Waals surface area contributed by atoms with E-state index in [0.717, 1.165) is 25.9 Å². The molecule has 1 saturated heterocycles. The summed E-state index contributed by atoms with van der Waals surface area (Å²) in [5.74, 6) is -0.423. The number of hydrogen-bond donors (Lipinski definition) is 0. The molecule has 0 saturated carbocycles. The molecule has 1 aliphatic rings. The minimum Gasteiger partial charge on any atom is -0.341 e. The molecule has 0 aliphatic carbocycles. The zero-order valence-corrected chi connectivity index (χ0v) is 12.9. The summed E-state index contributed by atoms with van der Waals surface area (Å²) in [7, 11) is 0. The molecule has 1 unspecified atom stereocenters. The van der Waals surface area contributed by atoms with E-state index in [0.29, 0.717) is 11.3 Å². The summed E-state index contributed by atoms with van der Waals surface area (Å²) in [6.07, 6.45) is 1.99. The van der Waals surface area contributed by atoms with E-state index in [4.69, 9.17) is 0 Å². The van der Waals surface area contributed by atoms with Crippen LogP contribution in [0.1, 0.15) is 25.8 Å². The maximum atomic E-state index is 13.0. The summed E-state index contributed by atoms with van der Waals surface area (Å²) < 4.78 is 14.2. The second-order valence-electron chi connectivity index (χ2n) is 5.72. The Morgan fingerprint density at radius 2 is 1.78 bits per heavy atom. The van der Waals surface area contributed by atoms with Crippen LogP contribution in [-0.4, -0.2) is 33.7 Å². The largest absolute Gasteiger partial charge is 0.341 e. The fourth-order valence-corrected chi connectivity index (χ4v) is 2.78. The van der Waals surface area contributed by atoms with Gasteiger partial charge in [-0.1, -0.05) is 0 Å². The number of carbonyl (C=O) groups is 1. The Morgan fingerprint density at radius 3 is 2.43 bits per heavy atom. The first kappa shape index (κ1) is 15.4. The monoisotopic (exact) mass is 315 g/mol. The molecule has 1 amide bonds. The Kier molecular flexibility index (Phi) is 4.23. The third kappa shape index (κ3) is 3.16. The van der Waals surface area contributed by atoms with Crippen molar-refractivity contribution in [1.82, 2.24) is 14.7 Å². The molecule has 0 spiro atoms. The van der Waals surface area contributed by atoms with Gasteiger partial charge >= 0.3 is 0 Å². The number of benzene rings is 1. The van der Waals surface area contributed by atoms with Crippen LogP contribution in [0.2, 0.25) is 0 Å². The van der Waals surface area contributed by atoms with Gasteiger partial charge in [-0.05, 0) is 50.1 Å². The zero-order chi connectivity index (χ0) is 16.4. The van der Waals surface area contributed by atoms with Crippen molar-refractivity contribution >= 4 is 5.91 Å². The number of halogens is 1. The van der Waals surface area contributed by atoms with Gasteiger partial charge in [0.2, 0.25) is 5.91 Å². The first-order chi connectivity index (χ1) is 11.1. The maximum absolute atomic E-state index is 13.0. The molecule has 5 nitrogen and oxygen atoms in total. The number of nitrogens with zero attached hydrogens (tertiary/aromatic N) is 3. The van der Waals surface area contributed by atoms with Crippen LogP contribution in [-0.2, 0) is 4.79 Å². The van der Waals surface area contributed by atoms with Crippen molar-refractivity contribution in [2.75, 3.05) is 13.1 Å². The summed E-state index contributed by atoms with van der Waals surface area (Å²) in [5.41, 5.74) is 0.905. The summed E-state index contributed by atoms with van der Waals surface area (Å²) >= 11 is 0. The number of aromatic nitrogens is 2. The van der Waals surface area contributed by atoms with Crippen LogP contribution in [0.3, 0.4) is 0 Å². The molecule has 0 bridgehead atoms. The van der Waals surface area contributed by atoms with Crippen LogP contribution < -0.4 is 5.56 Å². The molecule has 3 rings (SSSR count). The van der Waals surface area contributed by atoms with E-state index in [1.54, 1.807) is 30.0 Å². The minimum atomic E-state index is -0.652. The molecule has 0 radical (unpaired) electrons. The summed E-state index contributed by atoms with van der Waals surface area (Å²) in [4.78, 5) is 26.3. The first-order valence-corrected chi connectivity index (χ1v) is 7.71. The van der Waals surface area contributed by atoms with Crippen LogP contribution in [0.5, 0.6) is 0 Å². The molecule has 6 heteroatoms. The van der Waals surface area contributed by atoms with Gasteiger partial charge in [0.1, 0.15) is 11.9 Å². The highest BCUT2D eigenvalue weighted by molar-refractivity contribution is 5.80. The lowest BCUT2D eigenvalue weighted by atomic mass is 10.1. The summed E-state index contributed by atoms with van der Waals surface area (Å²) in [5, 5.41) is 4.30. The van der Waals surface area contributed by atoms with Gasteiger partial charge in [0, 0.05) is 24.7 Å². The Bertz CT molecular complexity index is 764. The molecule has 1 atom stereocenters. The first-order valence-electron chi connectivity index (χ1n) is 7.71. The molecule has 2 aromatic rings. The zero-order valence-electron chi connectivity index (χ0n) is 12.9. The van der Waals surface area contributed by atoms with Crippen molar-refractivity contribution in [3.8, 4) is 11.3 Å². The van der Waals surface area contributed by atoms with Crippen LogP contribution in [0.25, 0.3) is 11.3 Å². The second-order valence-corrected chi connectivity index (χ2v) is 5.72. The SMILES string of the molecule is CC(C(=O)N1CCCC1)n1nc(-c2ccc(F)cc2)ccc1=O. The van der Waals surface area contributed by atoms with E-state index in [1.807, 2.05) is 0 Å². The van der Waals surface area contributed by atoms with Gasteiger partial charge in [-0.25, -0.2) is 9.07 Å². The quantitative estimate of drug-likeness (QED) is 0.873. The molecule has 1 fully saturated rings. The molecular formula is C17H18FN3O2. The highest BCUT2D eigenvalue weighted by Gasteiger charge is 2.25. The summed E-state index contributed by atoms with van der Waals surface area (Å²) in [6, 6.07) is 8.19. The van der Waals surface area contributed by atoms with Crippen molar-refractivity contribution in [1.29, 1.82) is 0 Å². The predicted molar refractivity (Wildman–Crippen MR) is 84.4 cm³/mol. The molecule has 0 N–H and O–H groups in total. The minimum absolute atomic E-state index is 0.0895.